The number of ether oxygens (including phenoxy) is 1. The second kappa shape index (κ2) is 5.46. The molecule has 9 heteroatoms. The van der Waals surface area contributed by atoms with Crippen molar-refractivity contribution < 1.29 is 9.66 Å². The largest absolute Gasteiger partial charge is 0.437 e. The number of hydrogen-bond donors (Lipinski definition) is 2. The number of hydrazine groups is 1. The van der Waals surface area contributed by atoms with Crippen molar-refractivity contribution in [1.29, 1.82) is 0 Å². The summed E-state index contributed by atoms with van der Waals surface area (Å²) in [4.78, 5) is 17.8. The maximum atomic E-state index is 10.7. The van der Waals surface area contributed by atoms with Crippen LogP contribution >= 0.6 is 11.6 Å². The molecule has 8 nitrogen and oxygen atoms in total. The number of nitrogens with one attached hydrogen (secondary N) is 1. The minimum Gasteiger partial charge on any atom is -0.437 e. The van der Waals surface area contributed by atoms with E-state index in [9.17, 15) is 10.1 Å². The molecule has 0 radical (unpaired) electrons. The molecule has 3 N–H and O–H groups in total. The molecule has 2 aromatic rings. The van der Waals surface area contributed by atoms with Crippen molar-refractivity contribution in [3.05, 3.63) is 45.6 Å². The Morgan fingerprint density at radius 3 is 2.89 bits per heavy atom. The molecule has 98 valence electrons. The second-order valence-electron chi connectivity index (χ2n) is 3.34. The monoisotopic (exact) mass is 281 g/mol. The summed E-state index contributed by atoms with van der Waals surface area (Å²) >= 11 is 5.89. The standard InChI is InChI=1S/C10H8ClN5O3/c11-7-2-1-6(16(17)18)5-8(7)19-9-3-4-13-10(14-9)15-12/h1-5H,12H2,(H,13,14,15). The topological polar surface area (TPSA) is 116 Å². The predicted octanol–water partition coefficient (Wildman–Crippen LogP) is 2.12. The van der Waals surface area contributed by atoms with Gasteiger partial charge in [-0.25, -0.2) is 10.8 Å². The maximum Gasteiger partial charge on any atom is 0.273 e. The van der Waals surface area contributed by atoms with E-state index < -0.39 is 4.92 Å². The van der Waals surface area contributed by atoms with Gasteiger partial charge in [-0.15, -0.1) is 0 Å². The highest BCUT2D eigenvalue weighted by molar-refractivity contribution is 6.32. The fraction of sp³-hybridized carbons (Fsp3) is 0. The van der Waals surface area contributed by atoms with Gasteiger partial charge in [0, 0.05) is 18.3 Å². The molecule has 0 aliphatic heterocycles. The molecule has 0 saturated carbocycles. The number of nitrogens with two attached hydrogens (primary N) is 1. The highest BCUT2D eigenvalue weighted by atomic mass is 35.5. The van der Waals surface area contributed by atoms with Crippen LogP contribution in [0.2, 0.25) is 5.02 Å². The first-order valence-electron chi connectivity index (χ1n) is 5.01. The number of halogens is 1. The summed E-state index contributed by atoms with van der Waals surface area (Å²) in [6.45, 7) is 0. The molecule has 0 unspecified atom stereocenters. The summed E-state index contributed by atoms with van der Waals surface area (Å²) in [5, 5.41) is 10.9. The van der Waals surface area contributed by atoms with Crippen LogP contribution < -0.4 is 16.0 Å². The maximum absolute atomic E-state index is 10.7. The van der Waals surface area contributed by atoms with E-state index in [0.717, 1.165) is 0 Å². The number of nitrogen functional groups attached to an aromatic ring is 1. The van der Waals surface area contributed by atoms with Crippen LogP contribution in [-0.4, -0.2) is 14.9 Å². The lowest BCUT2D eigenvalue weighted by Crippen LogP contribution is -2.10. The Morgan fingerprint density at radius 2 is 2.21 bits per heavy atom. The average molecular weight is 282 g/mol. The van der Waals surface area contributed by atoms with E-state index in [1.165, 1.54) is 30.5 Å². The van der Waals surface area contributed by atoms with E-state index in [2.05, 4.69) is 15.4 Å². The number of nitrogens with zero attached hydrogens (tertiary/aromatic N) is 3. The van der Waals surface area contributed by atoms with E-state index >= 15 is 0 Å². The molecule has 0 atom stereocenters. The van der Waals surface area contributed by atoms with Crippen LogP contribution in [0, 0.1) is 10.1 Å². The minimum atomic E-state index is -0.546. The lowest BCUT2D eigenvalue weighted by atomic mass is 10.3. The molecule has 1 heterocycles. The van der Waals surface area contributed by atoms with Gasteiger partial charge in [0.1, 0.15) is 0 Å². The highest BCUT2D eigenvalue weighted by Crippen LogP contribution is 2.32. The van der Waals surface area contributed by atoms with Crippen molar-refractivity contribution in [2.45, 2.75) is 0 Å². The van der Waals surface area contributed by atoms with Crippen LogP contribution in [-0.2, 0) is 0 Å². The van der Waals surface area contributed by atoms with Crippen molar-refractivity contribution in [2.24, 2.45) is 5.84 Å². The number of nitro benzene ring substituents is 1. The molecule has 1 aromatic heterocycles. The van der Waals surface area contributed by atoms with Crippen LogP contribution in [0.3, 0.4) is 0 Å². The normalized spacial score (nSPS) is 10.0. The van der Waals surface area contributed by atoms with Gasteiger partial charge < -0.3 is 4.74 Å². The van der Waals surface area contributed by atoms with Gasteiger partial charge >= 0.3 is 0 Å². The van der Waals surface area contributed by atoms with Gasteiger partial charge in [-0.05, 0) is 6.07 Å². The molecule has 2 rings (SSSR count). The van der Waals surface area contributed by atoms with E-state index in [1.54, 1.807) is 0 Å². The Labute approximate surface area is 112 Å². The summed E-state index contributed by atoms with van der Waals surface area (Å²) < 4.78 is 5.36. The number of rotatable bonds is 4. The zero-order valence-electron chi connectivity index (χ0n) is 9.41. The van der Waals surface area contributed by atoms with Gasteiger partial charge in [0.2, 0.25) is 11.8 Å². The van der Waals surface area contributed by atoms with Crippen LogP contribution in [0.1, 0.15) is 0 Å². The number of aromatic nitrogens is 2. The Bertz CT molecular complexity index is 622. The molecule has 0 fully saturated rings. The Balaban J connectivity index is 2.31. The molecule has 0 bridgehead atoms. The molecule has 19 heavy (non-hydrogen) atoms. The molecular weight excluding hydrogens is 274 g/mol. The van der Waals surface area contributed by atoms with Crippen molar-refractivity contribution in [3.63, 3.8) is 0 Å². The van der Waals surface area contributed by atoms with E-state index in [0.29, 0.717) is 0 Å². The zero-order valence-corrected chi connectivity index (χ0v) is 10.2. The predicted molar refractivity (Wildman–Crippen MR) is 68.0 cm³/mol. The quantitative estimate of drug-likeness (QED) is 0.501. The van der Waals surface area contributed by atoms with Gasteiger partial charge in [-0.3, -0.25) is 15.5 Å². The number of hydrogen-bond acceptors (Lipinski definition) is 7. The summed E-state index contributed by atoms with van der Waals surface area (Å²) in [6, 6.07) is 5.33. The molecule has 0 aliphatic carbocycles. The summed E-state index contributed by atoms with van der Waals surface area (Å²) in [6.07, 6.45) is 1.42. The third kappa shape index (κ3) is 3.06. The number of non-ortho nitro benzene ring substituents is 1. The fourth-order valence-electron chi connectivity index (χ4n) is 1.27. The van der Waals surface area contributed by atoms with Crippen LogP contribution in [0.5, 0.6) is 11.6 Å². The van der Waals surface area contributed by atoms with Crippen LogP contribution in [0.25, 0.3) is 0 Å². The first-order chi connectivity index (χ1) is 9.10. The molecular formula is C10H8ClN5O3. The fourth-order valence-corrected chi connectivity index (χ4v) is 1.42. The first-order valence-corrected chi connectivity index (χ1v) is 5.39. The van der Waals surface area contributed by atoms with Crippen molar-refractivity contribution in [1.82, 2.24) is 9.97 Å². The molecule has 0 saturated heterocycles. The van der Waals surface area contributed by atoms with Gasteiger partial charge in [-0.2, -0.15) is 4.98 Å². The summed E-state index contributed by atoms with van der Waals surface area (Å²) in [7, 11) is 0. The third-order valence-electron chi connectivity index (χ3n) is 2.10. The van der Waals surface area contributed by atoms with Gasteiger partial charge in [0.05, 0.1) is 16.0 Å². The SMILES string of the molecule is NNc1nccc(Oc2cc([N+](=O)[O-])ccc2Cl)n1. The first kappa shape index (κ1) is 13.0. The molecule has 1 aromatic carbocycles. The molecule has 0 aliphatic rings. The third-order valence-corrected chi connectivity index (χ3v) is 2.41. The van der Waals surface area contributed by atoms with E-state index in [1.807, 2.05) is 0 Å². The van der Waals surface area contributed by atoms with Gasteiger partial charge in [0.15, 0.2) is 5.75 Å². The van der Waals surface area contributed by atoms with Crippen molar-refractivity contribution in [2.75, 3.05) is 5.43 Å². The average Bonchev–Trinajstić information content (AvgIpc) is 2.41. The lowest BCUT2D eigenvalue weighted by Gasteiger charge is -2.07. The Kier molecular flexibility index (Phi) is 3.74. The van der Waals surface area contributed by atoms with Crippen LogP contribution in [0.15, 0.2) is 30.5 Å². The van der Waals surface area contributed by atoms with Gasteiger partial charge in [0.25, 0.3) is 5.69 Å². The number of anilines is 1. The lowest BCUT2D eigenvalue weighted by molar-refractivity contribution is -0.384. The van der Waals surface area contributed by atoms with E-state index in [4.69, 9.17) is 22.2 Å². The van der Waals surface area contributed by atoms with Crippen molar-refractivity contribution in [3.8, 4) is 11.6 Å². The smallest absolute Gasteiger partial charge is 0.273 e. The van der Waals surface area contributed by atoms with Crippen molar-refractivity contribution >= 4 is 23.2 Å². The Hall–Kier alpha value is -2.45. The minimum absolute atomic E-state index is 0.123. The van der Waals surface area contributed by atoms with Gasteiger partial charge in [-0.1, -0.05) is 11.6 Å². The number of benzene rings is 1. The zero-order chi connectivity index (χ0) is 13.8. The number of nitro groups is 1. The Morgan fingerprint density at radius 1 is 1.42 bits per heavy atom. The molecule has 0 spiro atoms. The summed E-state index contributed by atoms with van der Waals surface area (Å²) in [5.74, 6) is 5.59. The van der Waals surface area contributed by atoms with Crippen LogP contribution in [0.4, 0.5) is 11.6 Å². The summed E-state index contributed by atoms with van der Waals surface area (Å²) in [5.41, 5.74) is 2.12. The van der Waals surface area contributed by atoms with E-state index in [-0.39, 0.29) is 28.3 Å². The highest BCUT2D eigenvalue weighted by Gasteiger charge is 2.12. The second-order valence-corrected chi connectivity index (χ2v) is 3.74. The molecule has 0 amide bonds.